The van der Waals surface area contributed by atoms with Gasteiger partial charge in [0.05, 0.1) is 31.6 Å². The number of aliphatic hydroxyl groups excluding tert-OH is 1. The molecule has 3 rings (SSSR count). The molecule has 0 spiro atoms. The molecule has 0 radical (unpaired) electrons. The number of benzene rings is 1. The molecule has 1 saturated heterocycles. The predicted octanol–water partition coefficient (Wildman–Crippen LogP) is 1.68. The predicted molar refractivity (Wildman–Crippen MR) is 103 cm³/mol. The fraction of sp³-hybridized carbons (Fsp3) is 0.526. The van der Waals surface area contributed by atoms with Gasteiger partial charge < -0.3 is 25.2 Å². The second-order valence-corrected chi connectivity index (χ2v) is 6.96. The first kappa shape index (κ1) is 21.2. The molecule has 0 unspecified atom stereocenters. The van der Waals surface area contributed by atoms with Gasteiger partial charge in [-0.15, -0.1) is 5.10 Å². The van der Waals surface area contributed by atoms with Crippen LogP contribution < -0.4 is 10.6 Å². The number of aromatic nitrogens is 3. The molecule has 1 aliphatic rings. The molecule has 9 nitrogen and oxygen atoms in total. The minimum Gasteiger partial charge on any atom is -0.394 e. The lowest BCUT2D eigenvalue weighted by Crippen LogP contribution is -2.52. The summed E-state index contributed by atoms with van der Waals surface area (Å²) in [5.41, 5.74) is 1.25. The number of aliphatic hydroxyl groups is 1. The summed E-state index contributed by atoms with van der Waals surface area (Å²) in [6, 6.07) is 4.77. The SMILES string of the molecule is COCc1cn(CC[C@H]2CC[C@H](NC(=O)Nc3ccc(F)cc3)[C@H](CO)O2)nn1. The molecule has 3 N–H and O–H groups in total. The Bertz CT molecular complexity index is 785. The third-order valence-corrected chi connectivity index (χ3v) is 4.77. The highest BCUT2D eigenvalue weighted by molar-refractivity contribution is 5.89. The zero-order chi connectivity index (χ0) is 20.6. The average molecular weight is 407 g/mol. The Morgan fingerprint density at radius 3 is 2.90 bits per heavy atom. The van der Waals surface area contributed by atoms with Crippen molar-refractivity contribution in [3.05, 3.63) is 42.0 Å². The van der Waals surface area contributed by atoms with E-state index in [-0.39, 0.29) is 24.6 Å². The van der Waals surface area contributed by atoms with Crippen LogP contribution in [0.25, 0.3) is 0 Å². The van der Waals surface area contributed by atoms with Crippen molar-refractivity contribution in [3.63, 3.8) is 0 Å². The van der Waals surface area contributed by atoms with Gasteiger partial charge in [0.1, 0.15) is 17.6 Å². The lowest BCUT2D eigenvalue weighted by molar-refractivity contribution is -0.0905. The molecule has 29 heavy (non-hydrogen) atoms. The molecule has 1 aromatic carbocycles. The fourth-order valence-electron chi connectivity index (χ4n) is 3.32. The van der Waals surface area contributed by atoms with Crippen LogP contribution >= 0.6 is 0 Å². The number of hydrogen-bond acceptors (Lipinski definition) is 6. The number of amides is 2. The lowest BCUT2D eigenvalue weighted by Gasteiger charge is -2.36. The van der Waals surface area contributed by atoms with Crippen LogP contribution in [0, 0.1) is 5.82 Å². The second-order valence-electron chi connectivity index (χ2n) is 6.96. The third-order valence-electron chi connectivity index (χ3n) is 4.77. The molecule has 0 saturated carbocycles. The van der Waals surface area contributed by atoms with Crippen molar-refractivity contribution in [2.45, 2.75) is 50.7 Å². The number of methoxy groups -OCH3 is 1. The van der Waals surface area contributed by atoms with Crippen LogP contribution in [0.3, 0.4) is 0 Å². The van der Waals surface area contributed by atoms with Crippen LogP contribution in [-0.2, 0) is 22.6 Å². The van der Waals surface area contributed by atoms with Crippen LogP contribution in [0.2, 0.25) is 0 Å². The van der Waals surface area contributed by atoms with Crippen molar-refractivity contribution >= 4 is 11.7 Å². The Morgan fingerprint density at radius 1 is 1.38 bits per heavy atom. The summed E-state index contributed by atoms with van der Waals surface area (Å²) < 4.78 is 25.7. The Morgan fingerprint density at radius 2 is 2.17 bits per heavy atom. The fourth-order valence-corrected chi connectivity index (χ4v) is 3.32. The minimum absolute atomic E-state index is 0.0413. The van der Waals surface area contributed by atoms with E-state index in [1.807, 2.05) is 6.20 Å². The number of aryl methyl sites for hydroxylation is 1. The largest absolute Gasteiger partial charge is 0.394 e. The van der Waals surface area contributed by atoms with Gasteiger partial charge in [0, 0.05) is 19.3 Å². The zero-order valence-corrected chi connectivity index (χ0v) is 16.3. The number of nitrogens with zero attached hydrogens (tertiary/aromatic N) is 3. The second kappa shape index (κ2) is 10.3. The molecule has 2 aromatic rings. The monoisotopic (exact) mass is 407 g/mol. The first-order chi connectivity index (χ1) is 14.1. The number of carbonyl (C=O) groups excluding carboxylic acids is 1. The lowest BCUT2D eigenvalue weighted by atomic mass is 9.97. The highest BCUT2D eigenvalue weighted by Crippen LogP contribution is 2.22. The maximum Gasteiger partial charge on any atom is 0.319 e. The molecule has 3 atom stereocenters. The van der Waals surface area contributed by atoms with Crippen LogP contribution in [0.4, 0.5) is 14.9 Å². The molecule has 1 fully saturated rings. The summed E-state index contributed by atoms with van der Waals surface area (Å²) in [7, 11) is 1.61. The quantitative estimate of drug-likeness (QED) is 0.614. The number of urea groups is 1. The molecule has 2 heterocycles. The van der Waals surface area contributed by atoms with Gasteiger partial charge in [-0.25, -0.2) is 9.18 Å². The van der Waals surface area contributed by atoms with Gasteiger partial charge in [0.15, 0.2) is 0 Å². The number of ether oxygens (including phenoxy) is 2. The summed E-state index contributed by atoms with van der Waals surface area (Å²) in [5.74, 6) is -0.371. The Labute approximate surface area is 168 Å². The molecule has 10 heteroatoms. The van der Waals surface area contributed by atoms with Gasteiger partial charge in [-0.05, 0) is 43.5 Å². The molecule has 2 amide bonds. The third kappa shape index (κ3) is 6.21. The van der Waals surface area contributed by atoms with E-state index >= 15 is 0 Å². The molecule has 1 aromatic heterocycles. The van der Waals surface area contributed by atoms with Crippen LogP contribution in [0.5, 0.6) is 0 Å². The smallest absolute Gasteiger partial charge is 0.319 e. The first-order valence-electron chi connectivity index (χ1n) is 9.54. The van der Waals surface area contributed by atoms with Crippen molar-refractivity contribution < 1.29 is 23.8 Å². The normalized spacial score (nSPS) is 21.7. The van der Waals surface area contributed by atoms with Crippen LogP contribution in [0.15, 0.2) is 30.5 Å². The molecular formula is C19H26FN5O4. The van der Waals surface area contributed by atoms with Crippen LogP contribution in [-0.4, -0.2) is 58.1 Å². The summed E-state index contributed by atoms with van der Waals surface area (Å²) >= 11 is 0. The molecule has 1 aliphatic heterocycles. The van der Waals surface area contributed by atoms with Crippen molar-refractivity contribution in [2.75, 3.05) is 19.0 Å². The van der Waals surface area contributed by atoms with Gasteiger partial charge >= 0.3 is 6.03 Å². The zero-order valence-electron chi connectivity index (χ0n) is 16.3. The van der Waals surface area contributed by atoms with E-state index in [4.69, 9.17) is 9.47 Å². The van der Waals surface area contributed by atoms with E-state index in [0.717, 1.165) is 18.5 Å². The molecule has 0 aliphatic carbocycles. The maximum atomic E-state index is 13.0. The summed E-state index contributed by atoms with van der Waals surface area (Å²) in [4.78, 5) is 12.2. The first-order valence-corrected chi connectivity index (χ1v) is 9.54. The topological polar surface area (TPSA) is 111 Å². The highest BCUT2D eigenvalue weighted by atomic mass is 19.1. The average Bonchev–Trinajstić information content (AvgIpc) is 3.16. The molecule has 0 bridgehead atoms. The van der Waals surface area contributed by atoms with E-state index < -0.39 is 12.1 Å². The van der Waals surface area contributed by atoms with Crippen molar-refractivity contribution in [3.8, 4) is 0 Å². The van der Waals surface area contributed by atoms with E-state index in [1.54, 1.807) is 11.8 Å². The van der Waals surface area contributed by atoms with Crippen molar-refractivity contribution in [1.29, 1.82) is 0 Å². The number of halogens is 1. The number of hydrogen-bond donors (Lipinski definition) is 3. The Kier molecular flexibility index (Phi) is 7.50. The number of nitrogens with one attached hydrogen (secondary N) is 2. The Hall–Kier alpha value is -2.56. The summed E-state index contributed by atoms with van der Waals surface area (Å²) in [5, 5.41) is 23.2. The van der Waals surface area contributed by atoms with Crippen LogP contribution in [0.1, 0.15) is 25.0 Å². The summed E-state index contributed by atoms with van der Waals surface area (Å²) in [6.45, 7) is 0.863. The maximum absolute atomic E-state index is 13.0. The Balaban J connectivity index is 1.45. The van der Waals surface area contributed by atoms with Crippen molar-refractivity contribution in [1.82, 2.24) is 20.3 Å². The van der Waals surface area contributed by atoms with Crippen molar-refractivity contribution in [2.24, 2.45) is 0 Å². The van der Waals surface area contributed by atoms with E-state index in [0.29, 0.717) is 25.3 Å². The minimum atomic E-state index is -0.493. The van der Waals surface area contributed by atoms with Gasteiger partial charge in [0.25, 0.3) is 0 Å². The number of carbonyl (C=O) groups is 1. The molecular weight excluding hydrogens is 381 g/mol. The summed E-state index contributed by atoms with van der Waals surface area (Å²) in [6.07, 6.45) is 3.45. The van der Waals surface area contributed by atoms with Gasteiger partial charge in [-0.1, -0.05) is 5.21 Å². The van der Waals surface area contributed by atoms with E-state index in [1.165, 1.54) is 24.3 Å². The van der Waals surface area contributed by atoms with Gasteiger partial charge in [-0.2, -0.15) is 0 Å². The van der Waals surface area contributed by atoms with E-state index in [2.05, 4.69) is 20.9 Å². The number of rotatable bonds is 8. The van der Waals surface area contributed by atoms with E-state index in [9.17, 15) is 14.3 Å². The standard InChI is InChI=1S/C19H26FN5O4/c1-28-12-15-10-25(24-23-15)9-8-16-6-7-17(18(11-26)29-16)22-19(27)21-14-4-2-13(20)3-5-14/h2-5,10,16-18,26H,6-9,11-12H2,1H3,(H2,21,22,27)/t16-,17+,18+/m1/s1. The molecule has 158 valence electrons. The number of anilines is 1. The van der Waals surface area contributed by atoms with Gasteiger partial charge in [0.2, 0.25) is 0 Å². The van der Waals surface area contributed by atoms with Gasteiger partial charge in [-0.3, -0.25) is 4.68 Å². The highest BCUT2D eigenvalue weighted by Gasteiger charge is 2.31.